The molecule has 18 heavy (non-hydrogen) atoms. The topological polar surface area (TPSA) is 70.2 Å². The number of hydrogen-bond acceptors (Lipinski definition) is 5. The number of thioether (sulfide) groups is 1. The van der Waals surface area contributed by atoms with E-state index in [1.54, 1.807) is 6.07 Å². The summed E-state index contributed by atoms with van der Waals surface area (Å²) in [7, 11) is 0. The van der Waals surface area contributed by atoms with Crippen molar-refractivity contribution in [3.63, 3.8) is 0 Å². The molecule has 1 fully saturated rings. The number of rotatable bonds is 2. The van der Waals surface area contributed by atoms with Gasteiger partial charge < -0.3 is 4.90 Å². The molecule has 1 atom stereocenters. The summed E-state index contributed by atoms with van der Waals surface area (Å²) in [6, 6.07) is 7.04. The van der Waals surface area contributed by atoms with Crippen molar-refractivity contribution in [3.05, 3.63) is 33.9 Å². The lowest BCUT2D eigenvalue weighted by Crippen LogP contribution is -2.40. The normalized spacial score (nSPS) is 19.3. The van der Waals surface area contributed by atoms with E-state index in [9.17, 15) is 10.1 Å². The van der Waals surface area contributed by atoms with E-state index in [1.807, 2.05) is 17.8 Å². The van der Waals surface area contributed by atoms with Crippen LogP contribution in [0.5, 0.6) is 0 Å². The summed E-state index contributed by atoms with van der Waals surface area (Å²) < 4.78 is 0. The molecule has 0 N–H and O–H groups in total. The zero-order valence-corrected chi connectivity index (χ0v) is 10.8. The van der Waals surface area contributed by atoms with Gasteiger partial charge in [-0.3, -0.25) is 10.1 Å². The smallest absolute Gasteiger partial charge is 0.289 e. The molecule has 1 aromatic carbocycles. The van der Waals surface area contributed by atoms with Crippen LogP contribution in [0.25, 0.3) is 0 Å². The van der Waals surface area contributed by atoms with Crippen molar-refractivity contribution < 1.29 is 4.92 Å². The molecule has 94 valence electrons. The first-order valence-corrected chi connectivity index (χ1v) is 6.82. The molecular weight excluding hydrogens is 250 g/mol. The molecule has 0 saturated carbocycles. The number of nitro benzene ring substituents is 1. The molecule has 5 nitrogen and oxygen atoms in total. The molecule has 1 aliphatic heterocycles. The fourth-order valence-electron chi connectivity index (χ4n) is 2.06. The molecular formula is C12H13N3O2S. The summed E-state index contributed by atoms with van der Waals surface area (Å²) in [6.07, 6.45) is 0. The SMILES string of the molecule is CC1CSCCN1c1ccc(C#N)c([N+](=O)[O-])c1. The Labute approximate surface area is 110 Å². The number of nitriles is 1. The Morgan fingerprint density at radius 3 is 3.00 bits per heavy atom. The van der Waals surface area contributed by atoms with Gasteiger partial charge in [-0.05, 0) is 19.1 Å². The number of nitro groups is 1. The Morgan fingerprint density at radius 2 is 2.39 bits per heavy atom. The van der Waals surface area contributed by atoms with Crippen LogP contribution in [0, 0.1) is 21.4 Å². The summed E-state index contributed by atoms with van der Waals surface area (Å²) >= 11 is 1.89. The van der Waals surface area contributed by atoms with E-state index in [0.29, 0.717) is 6.04 Å². The van der Waals surface area contributed by atoms with Crippen LogP contribution in [-0.2, 0) is 0 Å². The van der Waals surface area contributed by atoms with Gasteiger partial charge in [0.1, 0.15) is 11.6 Å². The van der Waals surface area contributed by atoms with Crippen LogP contribution in [0.2, 0.25) is 0 Å². The fourth-order valence-corrected chi connectivity index (χ4v) is 3.07. The first kappa shape index (κ1) is 12.7. The summed E-state index contributed by atoms with van der Waals surface area (Å²) in [4.78, 5) is 12.6. The van der Waals surface area contributed by atoms with E-state index >= 15 is 0 Å². The number of anilines is 1. The molecule has 1 heterocycles. The van der Waals surface area contributed by atoms with Crippen molar-refractivity contribution >= 4 is 23.1 Å². The van der Waals surface area contributed by atoms with E-state index < -0.39 is 4.92 Å². The standard InChI is InChI=1S/C12H13N3O2S/c1-9-8-18-5-4-14(9)11-3-2-10(7-13)12(6-11)15(16)17/h2-3,6,9H,4-5,8H2,1H3. The molecule has 0 aromatic heterocycles. The third-order valence-corrected chi connectivity index (χ3v) is 4.19. The predicted molar refractivity (Wildman–Crippen MR) is 71.9 cm³/mol. The molecule has 2 rings (SSSR count). The summed E-state index contributed by atoms with van der Waals surface area (Å²) in [6.45, 7) is 2.99. The minimum atomic E-state index is -0.495. The molecule has 1 saturated heterocycles. The number of benzene rings is 1. The minimum Gasteiger partial charge on any atom is -0.367 e. The summed E-state index contributed by atoms with van der Waals surface area (Å²) in [5, 5.41) is 19.8. The maximum atomic E-state index is 10.9. The molecule has 1 aliphatic rings. The van der Waals surface area contributed by atoms with E-state index in [4.69, 9.17) is 5.26 Å². The zero-order chi connectivity index (χ0) is 13.1. The highest BCUT2D eigenvalue weighted by Gasteiger charge is 2.22. The summed E-state index contributed by atoms with van der Waals surface area (Å²) in [5.74, 6) is 2.05. The Hall–Kier alpha value is -1.74. The monoisotopic (exact) mass is 263 g/mol. The highest BCUT2D eigenvalue weighted by atomic mass is 32.2. The van der Waals surface area contributed by atoms with Gasteiger partial charge in [-0.1, -0.05) is 0 Å². The second-order valence-electron chi connectivity index (χ2n) is 4.19. The van der Waals surface area contributed by atoms with Crippen molar-refractivity contribution in [1.29, 1.82) is 5.26 Å². The van der Waals surface area contributed by atoms with Gasteiger partial charge in [0.15, 0.2) is 0 Å². The van der Waals surface area contributed by atoms with Crippen LogP contribution in [0.4, 0.5) is 11.4 Å². The van der Waals surface area contributed by atoms with E-state index in [2.05, 4.69) is 11.8 Å². The second-order valence-corrected chi connectivity index (χ2v) is 5.34. The zero-order valence-electron chi connectivity index (χ0n) is 10.00. The van der Waals surface area contributed by atoms with Gasteiger partial charge in [0.05, 0.1) is 4.92 Å². The third kappa shape index (κ3) is 2.41. The van der Waals surface area contributed by atoms with Crippen molar-refractivity contribution in [2.75, 3.05) is 23.0 Å². The molecule has 0 amide bonds. The van der Waals surface area contributed by atoms with Crippen molar-refractivity contribution in [1.82, 2.24) is 0 Å². The highest BCUT2D eigenvalue weighted by Crippen LogP contribution is 2.29. The maximum absolute atomic E-state index is 10.9. The van der Waals surface area contributed by atoms with Crippen molar-refractivity contribution in [2.45, 2.75) is 13.0 Å². The molecule has 0 spiro atoms. The highest BCUT2D eigenvalue weighted by molar-refractivity contribution is 7.99. The molecule has 0 aliphatic carbocycles. The lowest BCUT2D eigenvalue weighted by atomic mass is 10.1. The molecule has 1 aromatic rings. The van der Waals surface area contributed by atoms with Crippen LogP contribution in [0.3, 0.4) is 0 Å². The Bertz CT molecular complexity index is 513. The molecule has 0 bridgehead atoms. The van der Waals surface area contributed by atoms with E-state index in [0.717, 1.165) is 23.7 Å². The quantitative estimate of drug-likeness (QED) is 0.605. The van der Waals surface area contributed by atoms with Gasteiger partial charge in [0.2, 0.25) is 0 Å². The molecule has 0 radical (unpaired) electrons. The maximum Gasteiger partial charge on any atom is 0.289 e. The van der Waals surface area contributed by atoms with Gasteiger partial charge in [0, 0.05) is 35.8 Å². The van der Waals surface area contributed by atoms with E-state index in [-0.39, 0.29) is 11.3 Å². The van der Waals surface area contributed by atoms with Gasteiger partial charge in [-0.25, -0.2) is 0 Å². The lowest BCUT2D eigenvalue weighted by Gasteiger charge is -2.34. The third-order valence-electron chi connectivity index (χ3n) is 3.00. The average molecular weight is 263 g/mol. The van der Waals surface area contributed by atoms with Crippen molar-refractivity contribution in [3.8, 4) is 6.07 Å². The Kier molecular flexibility index (Phi) is 3.72. The first-order chi connectivity index (χ1) is 8.63. The van der Waals surface area contributed by atoms with Gasteiger partial charge in [0.25, 0.3) is 5.69 Å². The second kappa shape index (κ2) is 5.27. The van der Waals surface area contributed by atoms with Crippen LogP contribution in [0.15, 0.2) is 18.2 Å². The summed E-state index contributed by atoms with van der Waals surface area (Å²) in [5.41, 5.74) is 0.830. The van der Waals surface area contributed by atoms with Crippen LogP contribution in [0.1, 0.15) is 12.5 Å². The van der Waals surface area contributed by atoms with Crippen LogP contribution in [-0.4, -0.2) is 29.0 Å². The lowest BCUT2D eigenvalue weighted by molar-refractivity contribution is -0.385. The van der Waals surface area contributed by atoms with Crippen LogP contribution < -0.4 is 4.90 Å². The van der Waals surface area contributed by atoms with Gasteiger partial charge in [-0.2, -0.15) is 17.0 Å². The largest absolute Gasteiger partial charge is 0.367 e. The molecule has 6 heteroatoms. The number of nitrogens with zero attached hydrogens (tertiary/aromatic N) is 3. The Morgan fingerprint density at radius 1 is 1.61 bits per heavy atom. The Balaban J connectivity index is 2.37. The predicted octanol–water partition coefficient (Wildman–Crippen LogP) is 2.41. The van der Waals surface area contributed by atoms with Gasteiger partial charge >= 0.3 is 0 Å². The van der Waals surface area contributed by atoms with E-state index in [1.165, 1.54) is 12.1 Å². The van der Waals surface area contributed by atoms with Crippen molar-refractivity contribution in [2.24, 2.45) is 0 Å². The fraction of sp³-hybridized carbons (Fsp3) is 0.417. The molecule has 1 unspecified atom stereocenters. The van der Waals surface area contributed by atoms with Crippen LogP contribution >= 0.6 is 11.8 Å². The first-order valence-electron chi connectivity index (χ1n) is 5.66. The minimum absolute atomic E-state index is 0.111. The average Bonchev–Trinajstić information content (AvgIpc) is 2.38. The van der Waals surface area contributed by atoms with Gasteiger partial charge in [-0.15, -0.1) is 0 Å². The number of hydrogen-bond donors (Lipinski definition) is 0.